The molecule has 0 bridgehead atoms. The van der Waals surface area contributed by atoms with Gasteiger partial charge in [0, 0.05) is 37.1 Å². The average Bonchev–Trinajstić information content (AvgIpc) is 2.49. The van der Waals surface area contributed by atoms with Gasteiger partial charge in [0.25, 0.3) is 0 Å². The lowest BCUT2D eigenvalue weighted by Crippen LogP contribution is -2.35. The number of nitrogens with zero attached hydrogens (tertiary/aromatic N) is 3. The highest BCUT2D eigenvalue weighted by molar-refractivity contribution is 6.28. The van der Waals surface area contributed by atoms with Crippen molar-refractivity contribution in [2.45, 2.75) is 13.5 Å². The predicted molar refractivity (Wildman–Crippen MR) is 87.6 cm³/mol. The molecule has 22 heavy (non-hydrogen) atoms. The molecule has 5 nitrogen and oxygen atoms in total. The Labute approximate surface area is 135 Å². The number of hydrogen-bond acceptors (Lipinski definition) is 5. The van der Waals surface area contributed by atoms with Crippen molar-refractivity contribution in [3.05, 3.63) is 46.9 Å². The van der Waals surface area contributed by atoms with Gasteiger partial charge in [-0.1, -0.05) is 12.1 Å². The Morgan fingerprint density at radius 2 is 1.91 bits per heavy atom. The van der Waals surface area contributed by atoms with Crippen molar-refractivity contribution in [1.82, 2.24) is 14.9 Å². The van der Waals surface area contributed by atoms with Gasteiger partial charge in [0.05, 0.1) is 13.2 Å². The Balaban J connectivity index is 1.63. The molecule has 1 fully saturated rings. The molecular weight excluding hydrogens is 300 g/mol. The molecule has 0 amide bonds. The maximum atomic E-state index is 5.87. The molecule has 0 radical (unpaired) electrons. The number of aromatic nitrogens is 2. The van der Waals surface area contributed by atoms with Crippen molar-refractivity contribution >= 4 is 23.1 Å². The molecule has 2 aromatic rings. The molecule has 0 saturated carbocycles. The molecule has 0 unspecified atom stereocenters. The van der Waals surface area contributed by atoms with Crippen molar-refractivity contribution in [3.63, 3.8) is 0 Å². The third-order valence-corrected chi connectivity index (χ3v) is 3.73. The highest BCUT2D eigenvalue weighted by Crippen LogP contribution is 2.18. The van der Waals surface area contributed by atoms with Crippen molar-refractivity contribution in [2.75, 3.05) is 31.6 Å². The molecule has 3 rings (SSSR count). The predicted octanol–water partition coefficient (Wildman–Crippen LogP) is 3.01. The summed E-state index contributed by atoms with van der Waals surface area (Å²) in [5.74, 6) is 0.707. The first-order valence-electron chi connectivity index (χ1n) is 7.36. The molecule has 1 aromatic heterocycles. The van der Waals surface area contributed by atoms with E-state index in [2.05, 4.69) is 44.5 Å². The smallest absolute Gasteiger partial charge is 0.224 e. The van der Waals surface area contributed by atoms with Crippen LogP contribution in [0.3, 0.4) is 0 Å². The molecule has 0 aliphatic carbocycles. The zero-order chi connectivity index (χ0) is 15.4. The maximum absolute atomic E-state index is 5.87. The third kappa shape index (κ3) is 4.16. The van der Waals surface area contributed by atoms with Crippen LogP contribution in [0, 0.1) is 6.92 Å². The van der Waals surface area contributed by atoms with Crippen LogP contribution in [0.4, 0.5) is 11.5 Å². The monoisotopic (exact) mass is 318 g/mol. The van der Waals surface area contributed by atoms with E-state index in [9.17, 15) is 0 Å². The van der Waals surface area contributed by atoms with Crippen LogP contribution in [0.1, 0.15) is 11.3 Å². The first-order chi connectivity index (χ1) is 10.7. The third-order valence-electron chi connectivity index (χ3n) is 3.56. The molecule has 1 aliphatic heterocycles. The lowest BCUT2D eigenvalue weighted by atomic mass is 10.2. The maximum Gasteiger partial charge on any atom is 0.224 e. The summed E-state index contributed by atoms with van der Waals surface area (Å²) >= 11 is 5.87. The van der Waals surface area contributed by atoms with Gasteiger partial charge >= 0.3 is 0 Å². The summed E-state index contributed by atoms with van der Waals surface area (Å²) < 4.78 is 5.37. The molecule has 1 aromatic carbocycles. The van der Waals surface area contributed by atoms with Crippen LogP contribution in [0.15, 0.2) is 30.3 Å². The largest absolute Gasteiger partial charge is 0.379 e. The van der Waals surface area contributed by atoms with Crippen LogP contribution in [0.25, 0.3) is 0 Å². The summed E-state index contributed by atoms with van der Waals surface area (Å²) in [4.78, 5) is 10.6. The van der Waals surface area contributed by atoms with Crippen molar-refractivity contribution in [3.8, 4) is 0 Å². The zero-order valence-electron chi connectivity index (χ0n) is 12.6. The van der Waals surface area contributed by atoms with Crippen molar-refractivity contribution in [2.24, 2.45) is 0 Å². The number of nitrogens with one attached hydrogen (secondary N) is 1. The molecule has 0 atom stereocenters. The van der Waals surface area contributed by atoms with Gasteiger partial charge in [-0.2, -0.15) is 0 Å². The number of aryl methyl sites for hydroxylation is 1. The van der Waals surface area contributed by atoms with E-state index < -0.39 is 0 Å². The van der Waals surface area contributed by atoms with Gasteiger partial charge in [0.2, 0.25) is 5.28 Å². The van der Waals surface area contributed by atoms with Gasteiger partial charge in [0.15, 0.2) is 0 Å². The number of hydrogen-bond donors (Lipinski definition) is 1. The van der Waals surface area contributed by atoms with E-state index in [1.807, 2.05) is 13.0 Å². The molecule has 6 heteroatoms. The summed E-state index contributed by atoms with van der Waals surface area (Å²) in [7, 11) is 0. The average molecular weight is 319 g/mol. The standard InChI is InChI=1S/C16H19ClN4O/c1-12-10-15(20-16(17)18-12)19-14-4-2-13(3-5-14)11-21-6-8-22-9-7-21/h2-5,10H,6-9,11H2,1H3,(H,18,19,20). The Hall–Kier alpha value is -1.69. The van der Waals surface area contributed by atoms with Crippen LogP contribution in [0.2, 0.25) is 5.28 Å². The van der Waals surface area contributed by atoms with Crippen LogP contribution >= 0.6 is 11.6 Å². The minimum atomic E-state index is 0.256. The summed E-state index contributed by atoms with van der Waals surface area (Å²) in [6, 6.07) is 10.2. The van der Waals surface area contributed by atoms with Crippen LogP contribution < -0.4 is 5.32 Å². The Bertz CT molecular complexity index is 606. The lowest BCUT2D eigenvalue weighted by molar-refractivity contribution is 0.0342. The van der Waals surface area contributed by atoms with E-state index in [-0.39, 0.29) is 5.28 Å². The second-order valence-corrected chi connectivity index (χ2v) is 5.71. The number of rotatable bonds is 4. The van der Waals surface area contributed by atoms with Gasteiger partial charge in [-0.25, -0.2) is 9.97 Å². The molecule has 116 valence electrons. The topological polar surface area (TPSA) is 50.3 Å². The summed E-state index contributed by atoms with van der Waals surface area (Å²) in [6.07, 6.45) is 0. The number of benzene rings is 1. The molecule has 1 aliphatic rings. The normalized spacial score (nSPS) is 15.7. The summed E-state index contributed by atoms with van der Waals surface area (Å²) in [5.41, 5.74) is 3.12. The van der Waals surface area contributed by atoms with E-state index >= 15 is 0 Å². The van der Waals surface area contributed by atoms with Crippen molar-refractivity contribution in [1.29, 1.82) is 0 Å². The summed E-state index contributed by atoms with van der Waals surface area (Å²) in [6.45, 7) is 6.50. The first-order valence-corrected chi connectivity index (χ1v) is 7.74. The minimum Gasteiger partial charge on any atom is -0.379 e. The highest BCUT2D eigenvalue weighted by Gasteiger charge is 2.10. The lowest BCUT2D eigenvalue weighted by Gasteiger charge is -2.26. The van der Waals surface area contributed by atoms with Crippen LogP contribution in [0.5, 0.6) is 0 Å². The fourth-order valence-electron chi connectivity index (χ4n) is 2.46. The van der Waals surface area contributed by atoms with Gasteiger partial charge in [-0.3, -0.25) is 4.90 Å². The van der Waals surface area contributed by atoms with Gasteiger partial charge in [-0.15, -0.1) is 0 Å². The van der Waals surface area contributed by atoms with Gasteiger partial charge in [0.1, 0.15) is 5.82 Å². The Morgan fingerprint density at radius 1 is 1.18 bits per heavy atom. The zero-order valence-corrected chi connectivity index (χ0v) is 13.3. The molecule has 1 N–H and O–H groups in total. The quantitative estimate of drug-likeness (QED) is 0.878. The van der Waals surface area contributed by atoms with E-state index in [0.29, 0.717) is 5.82 Å². The fourth-order valence-corrected chi connectivity index (χ4v) is 2.68. The van der Waals surface area contributed by atoms with Gasteiger partial charge in [-0.05, 0) is 36.2 Å². The first kappa shape index (κ1) is 15.2. The SMILES string of the molecule is Cc1cc(Nc2ccc(CN3CCOCC3)cc2)nc(Cl)n1. The van der Waals surface area contributed by atoms with Crippen LogP contribution in [-0.2, 0) is 11.3 Å². The van der Waals surface area contributed by atoms with E-state index in [4.69, 9.17) is 16.3 Å². The Morgan fingerprint density at radius 3 is 2.59 bits per heavy atom. The van der Waals surface area contributed by atoms with E-state index in [1.165, 1.54) is 5.56 Å². The molecular formula is C16H19ClN4O. The molecule has 0 spiro atoms. The van der Waals surface area contributed by atoms with Crippen molar-refractivity contribution < 1.29 is 4.74 Å². The summed E-state index contributed by atoms with van der Waals surface area (Å²) in [5, 5.41) is 3.50. The molecule has 1 saturated heterocycles. The second kappa shape index (κ2) is 7.05. The molecule has 2 heterocycles. The van der Waals surface area contributed by atoms with E-state index in [1.54, 1.807) is 0 Å². The van der Waals surface area contributed by atoms with E-state index in [0.717, 1.165) is 44.2 Å². The van der Waals surface area contributed by atoms with Gasteiger partial charge < -0.3 is 10.1 Å². The second-order valence-electron chi connectivity index (χ2n) is 5.37. The van der Waals surface area contributed by atoms with Crippen LogP contribution in [-0.4, -0.2) is 41.2 Å². The highest BCUT2D eigenvalue weighted by atomic mass is 35.5. The Kier molecular flexibility index (Phi) is 4.87. The number of ether oxygens (including phenoxy) is 1. The number of halogens is 1. The fraction of sp³-hybridized carbons (Fsp3) is 0.375. The minimum absolute atomic E-state index is 0.256. The number of morpholine rings is 1. The number of anilines is 2.